The second kappa shape index (κ2) is 10.7. The zero-order valence-corrected chi connectivity index (χ0v) is 11.6. The molecule has 0 radical (unpaired) electrons. The second-order valence-electron chi connectivity index (χ2n) is 5.15. The molecule has 2 aliphatic rings. The Morgan fingerprint density at radius 2 is 0.889 bits per heavy atom. The largest absolute Gasteiger partial charge is 0.370 e. The van der Waals surface area contributed by atoms with Crippen molar-refractivity contribution in [3.63, 3.8) is 0 Å². The van der Waals surface area contributed by atoms with Crippen LogP contribution < -0.4 is 11.5 Å². The van der Waals surface area contributed by atoms with Crippen LogP contribution in [0.5, 0.6) is 0 Å². The number of rotatable bonds is 10. The normalized spacial score (nSPS) is 24.3. The molecular formula is C14H30N2O2. The lowest BCUT2D eigenvalue weighted by Crippen LogP contribution is -1.98. The molecule has 0 amide bonds. The number of epoxide rings is 2. The molecule has 2 aliphatic heterocycles. The van der Waals surface area contributed by atoms with Crippen LogP contribution in [-0.4, -0.2) is 38.5 Å². The van der Waals surface area contributed by atoms with Gasteiger partial charge < -0.3 is 20.9 Å². The van der Waals surface area contributed by atoms with Gasteiger partial charge in [0.1, 0.15) is 12.2 Å². The van der Waals surface area contributed by atoms with Crippen molar-refractivity contribution in [1.82, 2.24) is 0 Å². The first-order valence-electron chi connectivity index (χ1n) is 7.52. The molecule has 2 unspecified atom stereocenters. The number of unbranched alkanes of at least 4 members (excludes halogenated alkanes) is 7. The third-order valence-corrected chi connectivity index (χ3v) is 3.29. The Morgan fingerprint density at radius 3 is 1.11 bits per heavy atom. The van der Waals surface area contributed by atoms with Crippen molar-refractivity contribution in [2.45, 2.75) is 63.6 Å². The smallest absolute Gasteiger partial charge is 0.109 e. The first kappa shape index (κ1) is 15.9. The summed E-state index contributed by atoms with van der Waals surface area (Å²) in [6, 6.07) is 0. The van der Waals surface area contributed by atoms with Gasteiger partial charge in [0, 0.05) is 0 Å². The molecule has 108 valence electrons. The molecule has 0 aromatic carbocycles. The molecule has 2 fully saturated rings. The van der Waals surface area contributed by atoms with E-state index < -0.39 is 0 Å². The van der Waals surface area contributed by atoms with Crippen molar-refractivity contribution in [3.05, 3.63) is 0 Å². The van der Waals surface area contributed by atoms with Crippen molar-refractivity contribution in [2.24, 2.45) is 11.5 Å². The van der Waals surface area contributed by atoms with Gasteiger partial charge in [0.2, 0.25) is 0 Å². The van der Waals surface area contributed by atoms with Gasteiger partial charge in [-0.3, -0.25) is 0 Å². The number of ether oxygens (including phenoxy) is 2. The molecule has 0 aromatic heterocycles. The van der Waals surface area contributed by atoms with Crippen LogP contribution >= 0.6 is 0 Å². The minimum absolute atomic E-state index is 0.491. The Balaban J connectivity index is 0.000000217. The number of nitrogens with two attached hydrogens (primary N) is 2. The van der Waals surface area contributed by atoms with E-state index in [0.717, 1.165) is 26.3 Å². The zero-order chi connectivity index (χ0) is 13.1. The van der Waals surface area contributed by atoms with E-state index in [9.17, 15) is 0 Å². The maximum Gasteiger partial charge on any atom is 0.109 e. The lowest BCUT2D eigenvalue weighted by atomic mass is 10.1. The highest BCUT2D eigenvalue weighted by Crippen LogP contribution is 2.25. The molecule has 0 aromatic rings. The SMILES string of the molecule is C1OC1C1CO1.NCCCCCCCCCCN. The highest BCUT2D eigenvalue weighted by molar-refractivity contribution is 4.86. The molecule has 4 nitrogen and oxygen atoms in total. The summed E-state index contributed by atoms with van der Waals surface area (Å²) in [4.78, 5) is 0. The summed E-state index contributed by atoms with van der Waals surface area (Å²) in [5.41, 5.74) is 10.8. The molecule has 2 rings (SSSR count). The van der Waals surface area contributed by atoms with Crippen molar-refractivity contribution >= 4 is 0 Å². The molecule has 2 atom stereocenters. The molecular weight excluding hydrogens is 228 g/mol. The van der Waals surface area contributed by atoms with Gasteiger partial charge in [-0.05, 0) is 25.9 Å². The summed E-state index contributed by atoms with van der Waals surface area (Å²) in [7, 11) is 0. The van der Waals surface area contributed by atoms with E-state index in [0.29, 0.717) is 12.2 Å². The van der Waals surface area contributed by atoms with E-state index in [-0.39, 0.29) is 0 Å². The topological polar surface area (TPSA) is 77.1 Å². The van der Waals surface area contributed by atoms with Gasteiger partial charge in [-0.1, -0.05) is 38.5 Å². The second-order valence-corrected chi connectivity index (χ2v) is 5.15. The molecule has 18 heavy (non-hydrogen) atoms. The molecule has 0 saturated carbocycles. The Labute approximate surface area is 111 Å². The molecule has 2 saturated heterocycles. The van der Waals surface area contributed by atoms with Crippen molar-refractivity contribution in [3.8, 4) is 0 Å². The predicted octanol–water partition coefficient (Wildman–Crippen LogP) is 1.81. The van der Waals surface area contributed by atoms with Crippen LogP contribution in [0.1, 0.15) is 51.4 Å². The quantitative estimate of drug-likeness (QED) is 0.463. The average molecular weight is 258 g/mol. The fourth-order valence-corrected chi connectivity index (χ4v) is 1.89. The van der Waals surface area contributed by atoms with Gasteiger partial charge in [0.15, 0.2) is 0 Å². The summed E-state index contributed by atoms with van der Waals surface area (Å²) >= 11 is 0. The number of hydrogen-bond donors (Lipinski definition) is 2. The Hall–Kier alpha value is -0.160. The van der Waals surface area contributed by atoms with Gasteiger partial charge in [0.25, 0.3) is 0 Å². The Kier molecular flexibility index (Phi) is 9.48. The van der Waals surface area contributed by atoms with Crippen molar-refractivity contribution in [1.29, 1.82) is 0 Å². The average Bonchev–Trinajstić information content (AvgIpc) is 3.22. The monoisotopic (exact) mass is 258 g/mol. The molecule has 0 bridgehead atoms. The third-order valence-electron chi connectivity index (χ3n) is 3.29. The lowest BCUT2D eigenvalue weighted by Gasteiger charge is -2.00. The summed E-state index contributed by atoms with van der Waals surface area (Å²) in [5.74, 6) is 0. The van der Waals surface area contributed by atoms with E-state index in [4.69, 9.17) is 20.9 Å². The number of hydrogen-bond acceptors (Lipinski definition) is 4. The van der Waals surface area contributed by atoms with Crippen molar-refractivity contribution in [2.75, 3.05) is 26.3 Å². The minimum Gasteiger partial charge on any atom is -0.370 e. The van der Waals surface area contributed by atoms with Crippen LogP contribution in [0.4, 0.5) is 0 Å². The maximum absolute atomic E-state index is 5.40. The summed E-state index contributed by atoms with van der Waals surface area (Å²) in [5, 5.41) is 0. The van der Waals surface area contributed by atoms with E-state index in [2.05, 4.69) is 0 Å². The first-order chi connectivity index (χ1) is 8.88. The van der Waals surface area contributed by atoms with E-state index >= 15 is 0 Å². The summed E-state index contributed by atoms with van der Waals surface area (Å²) in [6.07, 6.45) is 11.5. The van der Waals surface area contributed by atoms with E-state index in [1.807, 2.05) is 0 Å². The predicted molar refractivity (Wildman–Crippen MR) is 74.5 cm³/mol. The summed E-state index contributed by atoms with van der Waals surface area (Å²) in [6.45, 7) is 3.58. The van der Waals surface area contributed by atoms with Crippen LogP contribution in [0, 0.1) is 0 Å². The standard InChI is InChI=1S/C10H24N2.C4H6O2/c11-9-7-5-3-1-2-4-6-8-10-12;1-3(5-1)4-2-6-4/h1-12H2;3-4H,1-2H2. The van der Waals surface area contributed by atoms with Gasteiger partial charge in [0.05, 0.1) is 13.2 Å². The Bertz CT molecular complexity index is 163. The minimum atomic E-state index is 0.491. The molecule has 4 N–H and O–H groups in total. The first-order valence-corrected chi connectivity index (χ1v) is 7.52. The molecule has 0 aliphatic carbocycles. The molecule has 4 heteroatoms. The lowest BCUT2D eigenvalue weighted by molar-refractivity contribution is 0.325. The van der Waals surface area contributed by atoms with Gasteiger partial charge in [-0.25, -0.2) is 0 Å². The van der Waals surface area contributed by atoms with Crippen LogP contribution in [0.2, 0.25) is 0 Å². The van der Waals surface area contributed by atoms with Crippen LogP contribution in [-0.2, 0) is 9.47 Å². The van der Waals surface area contributed by atoms with Crippen molar-refractivity contribution < 1.29 is 9.47 Å². The third kappa shape index (κ3) is 9.83. The molecule has 0 spiro atoms. The summed E-state index contributed by atoms with van der Waals surface area (Å²) < 4.78 is 9.81. The van der Waals surface area contributed by atoms with E-state index in [1.165, 1.54) is 51.4 Å². The van der Waals surface area contributed by atoms with Crippen LogP contribution in [0.3, 0.4) is 0 Å². The fourth-order valence-electron chi connectivity index (χ4n) is 1.89. The van der Waals surface area contributed by atoms with E-state index in [1.54, 1.807) is 0 Å². The fraction of sp³-hybridized carbons (Fsp3) is 1.00. The molecule has 2 heterocycles. The highest BCUT2D eigenvalue weighted by Gasteiger charge is 2.41. The van der Waals surface area contributed by atoms with Crippen LogP contribution in [0.25, 0.3) is 0 Å². The van der Waals surface area contributed by atoms with Crippen LogP contribution in [0.15, 0.2) is 0 Å². The van der Waals surface area contributed by atoms with Gasteiger partial charge in [-0.2, -0.15) is 0 Å². The maximum atomic E-state index is 5.40. The zero-order valence-electron chi connectivity index (χ0n) is 11.6. The Morgan fingerprint density at radius 1 is 0.611 bits per heavy atom. The van der Waals surface area contributed by atoms with Gasteiger partial charge >= 0.3 is 0 Å². The highest BCUT2D eigenvalue weighted by atomic mass is 16.6. The van der Waals surface area contributed by atoms with Gasteiger partial charge in [-0.15, -0.1) is 0 Å².